The highest BCUT2D eigenvalue weighted by molar-refractivity contribution is 5.74. The highest BCUT2D eigenvalue weighted by Gasteiger charge is 2.13. The van der Waals surface area contributed by atoms with Gasteiger partial charge in [-0.25, -0.2) is 4.79 Å². The minimum absolute atomic E-state index is 0.181. The smallest absolute Gasteiger partial charge is 0.316 e. The molecule has 0 fully saturated rings. The molecule has 0 spiro atoms. The van der Waals surface area contributed by atoms with Crippen LogP contribution in [0.1, 0.15) is 19.7 Å². The Morgan fingerprint density at radius 3 is 2.76 bits per heavy atom. The molecular weight excluding hydrogens is 220 g/mol. The van der Waals surface area contributed by atoms with Gasteiger partial charge in [0.15, 0.2) is 5.82 Å². The number of hydrogen-bond acceptors (Lipinski definition) is 4. The first-order chi connectivity index (χ1) is 8.02. The molecule has 1 heterocycles. The highest BCUT2D eigenvalue weighted by atomic mass is 16.2. The van der Waals surface area contributed by atoms with Crippen LogP contribution in [0.4, 0.5) is 4.79 Å². The van der Waals surface area contributed by atoms with Crippen LogP contribution < -0.4 is 10.6 Å². The van der Waals surface area contributed by atoms with Crippen LogP contribution in [0, 0.1) is 18.3 Å². The van der Waals surface area contributed by atoms with E-state index in [1.807, 2.05) is 13.8 Å². The molecule has 1 aromatic heterocycles. The van der Waals surface area contributed by atoms with Gasteiger partial charge in [-0.3, -0.25) is 0 Å². The minimum atomic E-state index is -0.339. The second-order valence-electron chi connectivity index (χ2n) is 3.91. The number of urea groups is 1. The Labute approximate surface area is 100.0 Å². The molecular formula is C10H16N6O. The van der Waals surface area contributed by atoms with Crippen LogP contribution in [0.3, 0.4) is 0 Å². The van der Waals surface area contributed by atoms with Gasteiger partial charge in [-0.1, -0.05) is 19.8 Å². The third-order valence-corrected chi connectivity index (χ3v) is 2.09. The molecule has 92 valence electrons. The molecule has 1 rings (SSSR count). The third-order valence-electron chi connectivity index (χ3n) is 2.09. The number of carbonyl (C=O) groups is 1. The van der Waals surface area contributed by atoms with Crippen LogP contribution in [-0.4, -0.2) is 32.3 Å². The van der Waals surface area contributed by atoms with Gasteiger partial charge in [-0.15, -0.1) is 16.6 Å². The number of aromatic nitrogens is 4. The molecule has 0 aromatic carbocycles. The Bertz CT molecular complexity index is 419. The molecule has 17 heavy (non-hydrogen) atoms. The molecule has 0 bridgehead atoms. The molecule has 0 saturated heterocycles. The summed E-state index contributed by atoms with van der Waals surface area (Å²) in [5.41, 5.74) is 0. The van der Waals surface area contributed by atoms with Gasteiger partial charge in [0.05, 0.1) is 19.6 Å². The first-order valence-electron chi connectivity index (χ1n) is 5.26. The molecule has 0 aliphatic rings. The summed E-state index contributed by atoms with van der Waals surface area (Å²) in [6, 6.07) is -0.626. The number of hydrogen-bond donors (Lipinski definition) is 2. The second kappa shape index (κ2) is 5.84. The van der Waals surface area contributed by atoms with Gasteiger partial charge in [0.2, 0.25) is 0 Å². The fourth-order valence-electron chi connectivity index (χ4n) is 1.15. The molecule has 0 aliphatic carbocycles. The first-order valence-corrected chi connectivity index (χ1v) is 5.26. The van der Waals surface area contributed by atoms with Crippen molar-refractivity contribution < 1.29 is 4.79 Å². The lowest BCUT2D eigenvalue weighted by Gasteiger charge is -2.16. The molecule has 0 unspecified atom stereocenters. The minimum Gasteiger partial charge on any atom is -0.331 e. The van der Waals surface area contributed by atoms with Crippen molar-refractivity contribution in [3.63, 3.8) is 0 Å². The van der Waals surface area contributed by atoms with Crippen molar-refractivity contribution in [1.29, 1.82) is 0 Å². The Morgan fingerprint density at radius 1 is 1.59 bits per heavy atom. The van der Waals surface area contributed by atoms with Crippen molar-refractivity contribution in [3.05, 3.63) is 5.82 Å². The third kappa shape index (κ3) is 4.10. The maximum absolute atomic E-state index is 11.5. The number of aryl methyl sites for hydroxylation is 1. The van der Waals surface area contributed by atoms with Gasteiger partial charge < -0.3 is 10.6 Å². The maximum atomic E-state index is 11.5. The standard InChI is InChI=1S/C10H16N6O/c1-5-8(7(2)3)12-10(17)11-6-9-13-15-16(4)14-9/h1,7-8H,6H2,2-4H3,(H2,11,12,17)/t8-/m1/s1. The Balaban J connectivity index is 2.38. The van der Waals surface area contributed by atoms with E-state index < -0.39 is 0 Å². The normalized spacial score (nSPS) is 11.9. The monoisotopic (exact) mass is 236 g/mol. The van der Waals surface area contributed by atoms with E-state index in [2.05, 4.69) is 32.0 Å². The number of nitrogens with one attached hydrogen (secondary N) is 2. The zero-order valence-corrected chi connectivity index (χ0v) is 10.1. The molecule has 2 N–H and O–H groups in total. The number of carbonyl (C=O) groups excluding carboxylic acids is 1. The SMILES string of the molecule is C#C[C@@H](NC(=O)NCc1nnn(C)n1)C(C)C. The predicted octanol–water partition coefficient (Wildman–Crippen LogP) is -0.333. The number of rotatable bonds is 4. The van der Waals surface area contributed by atoms with Crippen LogP contribution in [-0.2, 0) is 13.6 Å². The summed E-state index contributed by atoms with van der Waals surface area (Å²) in [6.07, 6.45) is 5.30. The molecule has 0 aliphatic heterocycles. The summed E-state index contributed by atoms with van der Waals surface area (Å²) in [5, 5.41) is 16.6. The highest BCUT2D eigenvalue weighted by Crippen LogP contribution is 1.99. The summed E-state index contributed by atoms with van der Waals surface area (Å²) in [4.78, 5) is 12.8. The van der Waals surface area contributed by atoms with Gasteiger partial charge in [0.1, 0.15) is 0 Å². The number of tetrazole rings is 1. The van der Waals surface area contributed by atoms with E-state index in [4.69, 9.17) is 6.42 Å². The molecule has 2 amide bonds. The molecule has 1 atom stereocenters. The van der Waals surface area contributed by atoms with Crippen LogP contribution in [0.25, 0.3) is 0 Å². The average molecular weight is 236 g/mol. The summed E-state index contributed by atoms with van der Waals surface area (Å²) >= 11 is 0. The fraction of sp³-hybridized carbons (Fsp3) is 0.600. The van der Waals surface area contributed by atoms with Crippen molar-refractivity contribution in [2.75, 3.05) is 0 Å². The van der Waals surface area contributed by atoms with E-state index in [0.717, 1.165) is 0 Å². The Kier molecular flexibility index (Phi) is 4.46. The maximum Gasteiger partial charge on any atom is 0.316 e. The lowest BCUT2D eigenvalue weighted by molar-refractivity contribution is 0.236. The van der Waals surface area contributed by atoms with E-state index in [1.165, 1.54) is 4.80 Å². The lowest BCUT2D eigenvalue weighted by Crippen LogP contribution is -2.43. The Morgan fingerprint density at radius 2 is 2.29 bits per heavy atom. The lowest BCUT2D eigenvalue weighted by atomic mass is 10.1. The van der Waals surface area contributed by atoms with Crippen molar-refractivity contribution in [3.8, 4) is 12.3 Å². The molecule has 7 nitrogen and oxygen atoms in total. The summed E-state index contributed by atoms with van der Waals surface area (Å²) in [6.45, 7) is 4.10. The van der Waals surface area contributed by atoms with Crippen LogP contribution in [0.2, 0.25) is 0 Å². The average Bonchev–Trinajstić information content (AvgIpc) is 2.68. The zero-order valence-electron chi connectivity index (χ0n) is 10.1. The van der Waals surface area contributed by atoms with Gasteiger partial charge in [0, 0.05) is 0 Å². The van der Waals surface area contributed by atoms with Crippen molar-refractivity contribution in [1.82, 2.24) is 30.8 Å². The Hall–Kier alpha value is -2.10. The topological polar surface area (TPSA) is 84.7 Å². The summed E-state index contributed by atoms with van der Waals surface area (Å²) in [7, 11) is 1.66. The van der Waals surface area contributed by atoms with Crippen LogP contribution in [0.5, 0.6) is 0 Å². The number of amides is 2. The number of nitrogens with zero attached hydrogens (tertiary/aromatic N) is 4. The van der Waals surface area contributed by atoms with Gasteiger partial charge in [-0.2, -0.15) is 4.80 Å². The molecule has 0 saturated carbocycles. The van der Waals surface area contributed by atoms with Crippen molar-refractivity contribution in [2.24, 2.45) is 13.0 Å². The van der Waals surface area contributed by atoms with Crippen LogP contribution in [0.15, 0.2) is 0 Å². The van der Waals surface area contributed by atoms with E-state index in [0.29, 0.717) is 5.82 Å². The van der Waals surface area contributed by atoms with Crippen LogP contribution >= 0.6 is 0 Å². The molecule has 7 heteroatoms. The number of terminal acetylenes is 1. The van der Waals surface area contributed by atoms with E-state index >= 15 is 0 Å². The second-order valence-corrected chi connectivity index (χ2v) is 3.91. The van der Waals surface area contributed by atoms with Gasteiger partial charge in [0.25, 0.3) is 0 Å². The molecule has 0 radical (unpaired) electrons. The quantitative estimate of drug-likeness (QED) is 0.701. The van der Waals surface area contributed by atoms with E-state index in [9.17, 15) is 4.79 Å². The molecule has 1 aromatic rings. The van der Waals surface area contributed by atoms with Crippen molar-refractivity contribution in [2.45, 2.75) is 26.4 Å². The predicted molar refractivity (Wildman–Crippen MR) is 61.6 cm³/mol. The zero-order chi connectivity index (χ0) is 12.8. The van der Waals surface area contributed by atoms with E-state index in [1.54, 1.807) is 7.05 Å². The van der Waals surface area contributed by atoms with Gasteiger partial charge in [-0.05, 0) is 11.1 Å². The summed E-state index contributed by atoms with van der Waals surface area (Å²) in [5.74, 6) is 3.14. The van der Waals surface area contributed by atoms with E-state index in [-0.39, 0.29) is 24.5 Å². The van der Waals surface area contributed by atoms with Crippen molar-refractivity contribution >= 4 is 6.03 Å². The fourth-order valence-corrected chi connectivity index (χ4v) is 1.15. The summed E-state index contributed by atoms with van der Waals surface area (Å²) < 4.78 is 0. The first kappa shape index (κ1) is 13.0. The van der Waals surface area contributed by atoms with Gasteiger partial charge >= 0.3 is 6.03 Å². The largest absolute Gasteiger partial charge is 0.331 e.